The maximum absolute atomic E-state index is 11.7. The Hall–Kier alpha value is -2.44. The van der Waals surface area contributed by atoms with Gasteiger partial charge in [0.25, 0.3) is 0 Å². The molecule has 0 saturated heterocycles. The number of alkyl halides is 21. The van der Waals surface area contributed by atoms with Gasteiger partial charge in [-0.15, -0.1) is 0 Å². The van der Waals surface area contributed by atoms with Gasteiger partial charge in [0, 0.05) is 0 Å². The monoisotopic (exact) mass is 742 g/mol. The summed E-state index contributed by atoms with van der Waals surface area (Å²) in [7, 11) is 0. The molecular formula is C12F21O6Rh. The minimum absolute atomic E-state index is 0. The van der Waals surface area contributed by atoms with Crippen LogP contribution in [0, 0.1) is 0 Å². The molecule has 40 heavy (non-hydrogen) atoms. The van der Waals surface area contributed by atoms with Crippen LogP contribution < -0.4 is 15.3 Å². The maximum atomic E-state index is 11.7. The molecule has 0 aliphatic rings. The third kappa shape index (κ3) is 8.78. The Bertz CT molecular complexity index is 772. The fraction of sp³-hybridized carbons (Fsp3) is 0.750. The molecule has 0 bridgehead atoms. The van der Waals surface area contributed by atoms with Gasteiger partial charge in [-0.05, 0) is 0 Å². The van der Waals surface area contributed by atoms with Crippen LogP contribution in [0.15, 0.2) is 0 Å². The molecule has 0 radical (unpaired) electrons. The van der Waals surface area contributed by atoms with E-state index in [2.05, 4.69) is 0 Å². The molecule has 0 aromatic carbocycles. The first kappa shape index (κ1) is 44.6. The molecule has 0 aliphatic heterocycles. The van der Waals surface area contributed by atoms with Crippen LogP contribution in [0.5, 0.6) is 0 Å². The second kappa shape index (κ2) is 12.6. The number of carboxylic acids is 3. The van der Waals surface area contributed by atoms with E-state index < -0.39 is 72.0 Å². The van der Waals surface area contributed by atoms with Crippen molar-refractivity contribution >= 4 is 17.9 Å². The summed E-state index contributed by atoms with van der Waals surface area (Å²) < 4.78 is 241. The number of hydrogen-bond acceptors (Lipinski definition) is 6. The van der Waals surface area contributed by atoms with Crippen LogP contribution in [-0.2, 0) is 33.9 Å². The molecule has 0 unspecified atom stereocenters. The molecule has 0 N–H and O–H groups in total. The minimum atomic E-state index is -6.64. The largest absolute Gasteiger partial charge is 3.00 e. The summed E-state index contributed by atoms with van der Waals surface area (Å²) in [6.07, 6.45) is -19.9. The summed E-state index contributed by atoms with van der Waals surface area (Å²) in [5.41, 5.74) is 0. The van der Waals surface area contributed by atoms with Crippen molar-refractivity contribution < 1.29 is 141 Å². The van der Waals surface area contributed by atoms with Crippen LogP contribution in [0.1, 0.15) is 0 Å². The van der Waals surface area contributed by atoms with Crippen LogP contribution in [0.3, 0.4) is 0 Å². The Morgan fingerprint density at radius 1 is 0.325 bits per heavy atom. The van der Waals surface area contributed by atoms with Gasteiger partial charge in [-0.25, -0.2) is 0 Å². The van der Waals surface area contributed by atoms with Gasteiger partial charge in [-0.3, -0.25) is 0 Å². The Labute approximate surface area is 214 Å². The number of hydrogen-bond donors (Lipinski definition) is 0. The van der Waals surface area contributed by atoms with Crippen molar-refractivity contribution in [3.05, 3.63) is 0 Å². The van der Waals surface area contributed by atoms with Crippen molar-refractivity contribution in [3.63, 3.8) is 0 Å². The molecular weight excluding hydrogens is 742 g/mol. The van der Waals surface area contributed by atoms with E-state index >= 15 is 0 Å². The van der Waals surface area contributed by atoms with Crippen molar-refractivity contribution in [1.29, 1.82) is 0 Å². The fourth-order valence-corrected chi connectivity index (χ4v) is 0.919. The quantitative estimate of drug-likeness (QED) is 0.302. The smallest absolute Gasteiger partial charge is 0.544 e. The van der Waals surface area contributed by atoms with Crippen molar-refractivity contribution in [3.8, 4) is 0 Å². The number of carbonyl (C=O) groups excluding carboxylic acids is 3. The molecule has 0 aliphatic carbocycles. The number of carbonyl (C=O) groups is 3. The topological polar surface area (TPSA) is 120 Å². The Kier molecular flexibility index (Phi) is 14.1. The molecule has 28 heteroatoms. The average Bonchev–Trinajstić information content (AvgIpc) is 2.65. The number of rotatable bonds is 6. The molecule has 0 atom stereocenters. The van der Waals surface area contributed by atoms with E-state index in [1.165, 1.54) is 0 Å². The first-order valence-corrected chi connectivity index (χ1v) is 7.44. The van der Waals surface area contributed by atoms with Crippen LogP contribution >= 0.6 is 0 Å². The minimum Gasteiger partial charge on any atom is -0.544 e. The predicted molar refractivity (Wildman–Crippen MR) is 62.9 cm³/mol. The number of carboxylic acid groups (broad SMARTS) is 3. The summed E-state index contributed by atoms with van der Waals surface area (Å²) in [6, 6.07) is 0. The fourth-order valence-electron chi connectivity index (χ4n) is 0.919. The van der Waals surface area contributed by atoms with E-state index in [1.807, 2.05) is 0 Å². The molecule has 0 aromatic rings. The zero-order chi connectivity index (χ0) is 33.2. The van der Waals surface area contributed by atoms with Crippen molar-refractivity contribution in [1.82, 2.24) is 0 Å². The Balaban J connectivity index is -0.000000240. The van der Waals surface area contributed by atoms with Crippen LogP contribution in [-0.4, -0.2) is 72.0 Å². The normalized spacial score (nSPS) is 14.0. The van der Waals surface area contributed by atoms with Gasteiger partial charge in [0.05, 0.1) is 0 Å². The molecule has 6 nitrogen and oxygen atoms in total. The average molecular weight is 742 g/mol. The van der Waals surface area contributed by atoms with E-state index in [0.717, 1.165) is 0 Å². The second-order valence-electron chi connectivity index (χ2n) is 5.80. The van der Waals surface area contributed by atoms with Crippen LogP contribution in [0.4, 0.5) is 92.2 Å². The standard InChI is InChI=1S/3C4HF7O2.Rh/c3*5-2(6,1(12)13)3(7,8)4(9,10)11;/h3*(H,12,13);/q;;;+3/p-3. The third-order valence-corrected chi connectivity index (χ3v) is 3.02. The first-order chi connectivity index (χ1) is 16.3. The summed E-state index contributed by atoms with van der Waals surface area (Å²) >= 11 is 0. The first-order valence-electron chi connectivity index (χ1n) is 7.44. The molecule has 240 valence electrons. The summed E-state index contributed by atoms with van der Waals surface area (Å²) in [4.78, 5) is 27.8. The molecule has 0 fully saturated rings. The SMILES string of the molecule is O=C([O-])C(F)(F)C(F)(F)C(F)(F)F.O=C([O-])C(F)(F)C(F)(F)C(F)(F)F.O=C([O-])C(F)(F)C(F)(F)C(F)(F)F.[Rh+3]. The van der Waals surface area contributed by atoms with Gasteiger partial charge in [0.2, 0.25) is 0 Å². The predicted octanol–water partition coefficient (Wildman–Crippen LogP) is 1.71. The van der Waals surface area contributed by atoms with E-state index in [-0.39, 0.29) is 19.5 Å². The van der Waals surface area contributed by atoms with Gasteiger partial charge in [-0.2, -0.15) is 92.2 Å². The summed E-state index contributed by atoms with van der Waals surface area (Å²) in [5.74, 6) is -50.1. The zero-order valence-electron chi connectivity index (χ0n) is 16.7. The van der Waals surface area contributed by atoms with Crippen molar-refractivity contribution in [2.75, 3.05) is 0 Å². The van der Waals surface area contributed by atoms with Gasteiger partial charge in [-0.1, -0.05) is 0 Å². The van der Waals surface area contributed by atoms with E-state index in [0.29, 0.717) is 0 Å². The summed E-state index contributed by atoms with van der Waals surface area (Å²) in [6.45, 7) is 0. The van der Waals surface area contributed by atoms with Gasteiger partial charge >= 0.3 is 73.5 Å². The zero-order valence-corrected chi connectivity index (χ0v) is 18.4. The third-order valence-electron chi connectivity index (χ3n) is 3.02. The van der Waals surface area contributed by atoms with Gasteiger partial charge < -0.3 is 29.7 Å². The molecule has 0 aromatic heterocycles. The van der Waals surface area contributed by atoms with E-state index in [1.54, 1.807) is 0 Å². The number of halogens is 21. The second-order valence-corrected chi connectivity index (χ2v) is 5.80. The van der Waals surface area contributed by atoms with E-state index in [9.17, 15) is 122 Å². The Morgan fingerprint density at radius 2 is 0.425 bits per heavy atom. The van der Waals surface area contributed by atoms with Crippen molar-refractivity contribution in [2.24, 2.45) is 0 Å². The molecule has 0 rings (SSSR count). The summed E-state index contributed by atoms with van der Waals surface area (Å²) in [5, 5.41) is 27.8. The van der Waals surface area contributed by atoms with Crippen molar-refractivity contribution in [2.45, 2.75) is 54.1 Å². The van der Waals surface area contributed by atoms with E-state index in [4.69, 9.17) is 0 Å². The van der Waals surface area contributed by atoms with Gasteiger partial charge in [0.1, 0.15) is 17.9 Å². The maximum Gasteiger partial charge on any atom is 3.00 e. The molecule has 0 saturated carbocycles. The van der Waals surface area contributed by atoms with Crippen LogP contribution in [0.25, 0.3) is 0 Å². The van der Waals surface area contributed by atoms with Crippen LogP contribution in [0.2, 0.25) is 0 Å². The molecule has 0 heterocycles. The molecule has 0 amide bonds. The Morgan fingerprint density at radius 3 is 0.450 bits per heavy atom. The molecule has 0 spiro atoms. The van der Waals surface area contributed by atoms with Gasteiger partial charge in [0.15, 0.2) is 0 Å². The number of aliphatic carboxylic acids is 3.